The number of hydrogen-bond acceptors (Lipinski definition) is 6. The molecule has 1 N–H and O–H groups in total. The zero-order valence-corrected chi connectivity index (χ0v) is 11.7. The topological polar surface area (TPSA) is 90.4 Å². The Morgan fingerprint density at radius 3 is 3.14 bits per heavy atom. The van der Waals surface area contributed by atoms with Crippen molar-refractivity contribution in [1.82, 2.24) is 4.98 Å². The lowest BCUT2D eigenvalue weighted by atomic mass is 10.00. The first-order valence-electron chi connectivity index (χ1n) is 7.08. The molecule has 7 heteroatoms. The van der Waals surface area contributed by atoms with E-state index in [1.165, 1.54) is 12.1 Å². The van der Waals surface area contributed by atoms with Gasteiger partial charge in [-0.3, -0.25) is 10.1 Å². The van der Waals surface area contributed by atoms with Crippen LogP contribution in [-0.4, -0.2) is 29.2 Å². The van der Waals surface area contributed by atoms with Crippen LogP contribution in [-0.2, 0) is 4.74 Å². The van der Waals surface area contributed by atoms with E-state index in [4.69, 9.17) is 9.15 Å². The van der Waals surface area contributed by atoms with Crippen LogP contribution < -0.4 is 5.32 Å². The maximum absolute atomic E-state index is 10.7. The predicted octanol–water partition coefficient (Wildman–Crippen LogP) is 2.96. The first kappa shape index (κ1) is 13.8. The van der Waals surface area contributed by atoms with Gasteiger partial charge in [-0.05, 0) is 18.9 Å². The monoisotopic (exact) mass is 291 g/mol. The van der Waals surface area contributed by atoms with Crippen molar-refractivity contribution in [2.75, 3.05) is 18.5 Å². The molecule has 2 heterocycles. The van der Waals surface area contributed by atoms with Gasteiger partial charge < -0.3 is 14.5 Å². The number of oxazole rings is 1. The molecule has 0 amide bonds. The summed E-state index contributed by atoms with van der Waals surface area (Å²) in [5.41, 5.74) is 1.04. The Morgan fingerprint density at radius 1 is 1.52 bits per heavy atom. The van der Waals surface area contributed by atoms with Gasteiger partial charge in [0, 0.05) is 31.2 Å². The van der Waals surface area contributed by atoms with Gasteiger partial charge in [0.05, 0.1) is 11.0 Å². The van der Waals surface area contributed by atoms with Gasteiger partial charge in [0.1, 0.15) is 5.52 Å². The number of anilines is 1. The molecule has 0 radical (unpaired) electrons. The Hall–Kier alpha value is -2.15. The van der Waals surface area contributed by atoms with E-state index in [0.29, 0.717) is 23.0 Å². The van der Waals surface area contributed by atoms with Crippen LogP contribution >= 0.6 is 0 Å². The highest BCUT2D eigenvalue weighted by Crippen LogP contribution is 2.26. The first-order chi connectivity index (χ1) is 10.2. The Labute approximate surface area is 121 Å². The van der Waals surface area contributed by atoms with Crippen molar-refractivity contribution in [3.8, 4) is 0 Å². The lowest BCUT2D eigenvalue weighted by molar-refractivity contribution is -0.384. The van der Waals surface area contributed by atoms with Crippen LogP contribution in [0.5, 0.6) is 0 Å². The minimum Gasteiger partial charge on any atom is -0.424 e. The van der Waals surface area contributed by atoms with Crippen LogP contribution in [0, 0.1) is 16.0 Å². The summed E-state index contributed by atoms with van der Waals surface area (Å²) >= 11 is 0. The van der Waals surface area contributed by atoms with Crippen LogP contribution in [0.1, 0.15) is 19.8 Å². The minimum atomic E-state index is -0.442. The van der Waals surface area contributed by atoms with Crippen molar-refractivity contribution < 1.29 is 14.1 Å². The highest BCUT2D eigenvalue weighted by Gasteiger charge is 2.26. The Kier molecular flexibility index (Phi) is 3.74. The number of nitrogens with one attached hydrogen (secondary N) is 1. The van der Waals surface area contributed by atoms with Crippen molar-refractivity contribution in [3.63, 3.8) is 0 Å². The molecule has 1 saturated heterocycles. The molecule has 0 spiro atoms. The molecule has 2 atom stereocenters. The number of nitro benzene ring substituents is 1. The average Bonchev–Trinajstić information content (AvgIpc) is 3.09. The molecule has 2 unspecified atom stereocenters. The molecule has 3 rings (SSSR count). The Morgan fingerprint density at radius 2 is 2.38 bits per heavy atom. The second-order valence-corrected chi connectivity index (χ2v) is 5.18. The summed E-state index contributed by atoms with van der Waals surface area (Å²) in [4.78, 5) is 14.5. The quantitative estimate of drug-likeness (QED) is 0.672. The molecule has 1 aromatic heterocycles. The third-order valence-corrected chi connectivity index (χ3v) is 3.85. The second kappa shape index (κ2) is 5.69. The van der Waals surface area contributed by atoms with Crippen molar-refractivity contribution in [1.29, 1.82) is 0 Å². The van der Waals surface area contributed by atoms with Crippen molar-refractivity contribution in [2.24, 2.45) is 5.92 Å². The van der Waals surface area contributed by atoms with Gasteiger partial charge in [0.2, 0.25) is 0 Å². The van der Waals surface area contributed by atoms with Crippen LogP contribution in [0.15, 0.2) is 22.6 Å². The Bertz CT molecular complexity index is 655. The lowest BCUT2D eigenvalue weighted by Crippen LogP contribution is -2.22. The summed E-state index contributed by atoms with van der Waals surface area (Å²) in [5.74, 6) is 0.444. The largest absolute Gasteiger partial charge is 0.424 e. The Balaban J connectivity index is 1.71. The normalized spacial score (nSPS) is 21.8. The molecule has 1 aliphatic rings. The summed E-state index contributed by atoms with van der Waals surface area (Å²) < 4.78 is 11.2. The number of benzene rings is 1. The van der Waals surface area contributed by atoms with E-state index in [0.717, 1.165) is 26.0 Å². The zero-order valence-electron chi connectivity index (χ0n) is 11.7. The van der Waals surface area contributed by atoms with E-state index in [2.05, 4.69) is 17.2 Å². The van der Waals surface area contributed by atoms with E-state index in [1.54, 1.807) is 6.07 Å². The summed E-state index contributed by atoms with van der Waals surface area (Å²) in [6.07, 6.45) is 2.30. The maximum atomic E-state index is 10.7. The van der Waals surface area contributed by atoms with E-state index in [9.17, 15) is 10.1 Å². The molecule has 21 heavy (non-hydrogen) atoms. The smallest absolute Gasteiger partial charge is 0.295 e. The number of non-ortho nitro benzene ring substituents is 1. The van der Waals surface area contributed by atoms with Gasteiger partial charge in [-0.15, -0.1) is 0 Å². The number of fused-ring (bicyclic) bond motifs is 1. The van der Waals surface area contributed by atoms with Crippen LogP contribution in [0.3, 0.4) is 0 Å². The maximum Gasteiger partial charge on any atom is 0.295 e. The first-order valence-corrected chi connectivity index (χ1v) is 7.08. The average molecular weight is 291 g/mol. The summed E-state index contributed by atoms with van der Waals surface area (Å²) in [7, 11) is 0. The predicted molar refractivity (Wildman–Crippen MR) is 77.3 cm³/mol. The van der Waals surface area contributed by atoms with Crippen molar-refractivity contribution in [2.45, 2.75) is 25.9 Å². The molecule has 112 valence electrons. The van der Waals surface area contributed by atoms with Gasteiger partial charge in [-0.25, -0.2) is 0 Å². The van der Waals surface area contributed by atoms with E-state index < -0.39 is 4.92 Å². The van der Waals surface area contributed by atoms with Gasteiger partial charge in [0.15, 0.2) is 5.58 Å². The van der Waals surface area contributed by atoms with Crippen molar-refractivity contribution >= 4 is 22.8 Å². The fourth-order valence-corrected chi connectivity index (χ4v) is 2.70. The number of aromatic nitrogens is 1. The summed E-state index contributed by atoms with van der Waals surface area (Å²) in [6, 6.07) is 4.79. The molecule has 0 aliphatic carbocycles. The van der Waals surface area contributed by atoms with E-state index in [-0.39, 0.29) is 11.8 Å². The van der Waals surface area contributed by atoms with Crippen molar-refractivity contribution in [3.05, 3.63) is 28.3 Å². The fraction of sp³-hybridized carbons (Fsp3) is 0.500. The molecule has 2 aromatic rings. The van der Waals surface area contributed by atoms with E-state index in [1.807, 2.05) is 0 Å². The highest BCUT2D eigenvalue weighted by molar-refractivity contribution is 5.77. The minimum absolute atomic E-state index is 0.0117. The zero-order chi connectivity index (χ0) is 14.8. The van der Waals surface area contributed by atoms with Gasteiger partial charge in [-0.2, -0.15) is 4.98 Å². The number of ether oxygens (including phenoxy) is 1. The van der Waals surface area contributed by atoms with Gasteiger partial charge >= 0.3 is 0 Å². The summed E-state index contributed by atoms with van der Waals surface area (Å²) in [5, 5.41) is 13.9. The molecule has 0 saturated carbocycles. The molecular weight excluding hydrogens is 274 g/mol. The molecule has 0 bridgehead atoms. The highest BCUT2D eigenvalue weighted by atomic mass is 16.6. The number of hydrogen-bond donors (Lipinski definition) is 1. The number of nitro groups is 1. The lowest BCUT2D eigenvalue weighted by Gasteiger charge is -2.16. The standard InChI is InChI=1S/C14H17N3O4/c1-2-12-9(5-6-20-12)8-15-14-16-11-7-10(17(18)19)3-4-13(11)21-14/h3-4,7,9,12H,2,5-6,8H2,1H3,(H,15,16). The molecule has 1 fully saturated rings. The summed E-state index contributed by atoms with van der Waals surface area (Å²) in [6.45, 7) is 3.64. The number of nitrogens with zero attached hydrogens (tertiary/aromatic N) is 2. The van der Waals surface area contributed by atoms with Crippen LogP contribution in [0.25, 0.3) is 11.1 Å². The third-order valence-electron chi connectivity index (χ3n) is 3.85. The molecule has 7 nitrogen and oxygen atoms in total. The SMILES string of the molecule is CCC1OCCC1CNc1nc2cc([N+](=O)[O-])ccc2o1. The molecule has 1 aromatic carbocycles. The fourth-order valence-electron chi connectivity index (χ4n) is 2.70. The molecular formula is C14H17N3O4. The third kappa shape index (κ3) is 2.82. The number of rotatable bonds is 5. The van der Waals surface area contributed by atoms with Crippen LogP contribution in [0.2, 0.25) is 0 Å². The van der Waals surface area contributed by atoms with Crippen LogP contribution in [0.4, 0.5) is 11.7 Å². The van der Waals surface area contributed by atoms with E-state index >= 15 is 0 Å². The van der Waals surface area contributed by atoms with Gasteiger partial charge in [-0.1, -0.05) is 6.92 Å². The molecule has 1 aliphatic heterocycles. The van der Waals surface area contributed by atoms with Gasteiger partial charge in [0.25, 0.3) is 11.7 Å². The second-order valence-electron chi connectivity index (χ2n) is 5.18.